The number of ketones is 1. The highest BCUT2D eigenvalue weighted by Crippen LogP contribution is 2.27. The number of pyridine rings is 1. The van der Waals surface area contributed by atoms with Crippen LogP contribution in [0.2, 0.25) is 0 Å². The first kappa shape index (κ1) is 15.9. The molecule has 0 saturated carbocycles. The molecule has 24 heavy (non-hydrogen) atoms. The topological polar surface area (TPSA) is 60.0 Å². The summed E-state index contributed by atoms with van der Waals surface area (Å²) in [6.07, 6.45) is 1.93. The number of methoxy groups -OCH3 is 1. The Morgan fingerprint density at radius 3 is 2.58 bits per heavy atom. The number of nitrogen functional groups attached to an aromatic ring is 1. The molecule has 124 valence electrons. The molecular formula is C19H21N3O2. The number of fused-ring (bicyclic) bond motifs is 1. The lowest BCUT2D eigenvalue weighted by Crippen LogP contribution is -2.10. The second kappa shape index (κ2) is 5.92. The number of nitrogens with two attached hydrogens (primary N) is 1. The summed E-state index contributed by atoms with van der Waals surface area (Å²) in [6, 6.07) is 11.2. The van der Waals surface area contributed by atoms with Gasteiger partial charge < -0.3 is 19.8 Å². The molecule has 5 nitrogen and oxygen atoms in total. The molecule has 5 heteroatoms. The molecule has 0 saturated heterocycles. The van der Waals surface area contributed by atoms with Gasteiger partial charge in [0.05, 0.1) is 18.5 Å². The highest BCUT2D eigenvalue weighted by molar-refractivity contribution is 6.10. The summed E-state index contributed by atoms with van der Waals surface area (Å²) in [5, 5.41) is 0. The van der Waals surface area contributed by atoms with Crippen LogP contribution in [-0.4, -0.2) is 31.4 Å². The highest BCUT2D eigenvalue weighted by Gasteiger charge is 2.18. The first-order chi connectivity index (χ1) is 11.4. The van der Waals surface area contributed by atoms with Crippen molar-refractivity contribution in [3.63, 3.8) is 0 Å². The van der Waals surface area contributed by atoms with Gasteiger partial charge in [-0.2, -0.15) is 0 Å². The Kier molecular flexibility index (Phi) is 3.93. The number of benzene rings is 1. The van der Waals surface area contributed by atoms with E-state index in [2.05, 4.69) is 6.07 Å². The Bertz CT molecular complexity index is 926. The molecule has 0 fully saturated rings. The van der Waals surface area contributed by atoms with Crippen LogP contribution in [0.15, 0.2) is 42.6 Å². The van der Waals surface area contributed by atoms with Crippen molar-refractivity contribution >= 4 is 22.7 Å². The number of hydrogen-bond donors (Lipinski definition) is 1. The fraction of sp³-hybridized carbons (Fsp3) is 0.211. The van der Waals surface area contributed by atoms with Gasteiger partial charge in [0.25, 0.3) is 0 Å². The molecule has 0 aliphatic heterocycles. The monoisotopic (exact) mass is 323 g/mol. The molecule has 0 spiro atoms. The summed E-state index contributed by atoms with van der Waals surface area (Å²) in [5.74, 6) is 0.456. The molecule has 0 unspecified atom stereocenters. The van der Waals surface area contributed by atoms with E-state index < -0.39 is 0 Å². The van der Waals surface area contributed by atoms with Gasteiger partial charge in [-0.1, -0.05) is 0 Å². The lowest BCUT2D eigenvalue weighted by Gasteiger charge is -2.13. The number of anilines is 2. The van der Waals surface area contributed by atoms with E-state index in [4.69, 9.17) is 10.5 Å². The van der Waals surface area contributed by atoms with Crippen molar-refractivity contribution in [2.24, 2.45) is 0 Å². The maximum absolute atomic E-state index is 13.0. The largest absolute Gasteiger partial charge is 0.495 e. The van der Waals surface area contributed by atoms with Gasteiger partial charge in [-0.3, -0.25) is 4.79 Å². The number of aryl methyl sites for hydroxylation is 1. The van der Waals surface area contributed by atoms with Crippen LogP contribution < -0.4 is 15.4 Å². The molecule has 2 heterocycles. The zero-order valence-corrected chi connectivity index (χ0v) is 14.3. The van der Waals surface area contributed by atoms with E-state index in [1.165, 1.54) is 0 Å². The molecular weight excluding hydrogens is 302 g/mol. The van der Waals surface area contributed by atoms with Gasteiger partial charge in [-0.15, -0.1) is 0 Å². The van der Waals surface area contributed by atoms with Crippen molar-refractivity contribution in [1.82, 2.24) is 4.40 Å². The summed E-state index contributed by atoms with van der Waals surface area (Å²) >= 11 is 0. The second-order valence-electron chi connectivity index (χ2n) is 6.04. The number of hydrogen-bond acceptors (Lipinski definition) is 4. The lowest BCUT2D eigenvalue weighted by molar-refractivity contribution is 0.103. The van der Waals surface area contributed by atoms with Crippen molar-refractivity contribution in [2.45, 2.75) is 6.92 Å². The molecule has 0 aliphatic carbocycles. The average molecular weight is 323 g/mol. The number of carbonyl (C=O) groups excluding carboxylic acids is 1. The van der Waals surface area contributed by atoms with E-state index in [0.29, 0.717) is 22.7 Å². The van der Waals surface area contributed by atoms with Gasteiger partial charge in [0, 0.05) is 37.1 Å². The molecule has 2 aromatic heterocycles. The minimum atomic E-state index is -0.0524. The fourth-order valence-electron chi connectivity index (χ4n) is 2.86. The van der Waals surface area contributed by atoms with Crippen LogP contribution in [0, 0.1) is 6.92 Å². The number of rotatable bonds is 4. The summed E-state index contributed by atoms with van der Waals surface area (Å²) < 4.78 is 7.15. The Labute approximate surface area is 141 Å². The molecule has 0 atom stereocenters. The van der Waals surface area contributed by atoms with E-state index in [9.17, 15) is 4.79 Å². The van der Waals surface area contributed by atoms with E-state index in [1.54, 1.807) is 25.3 Å². The quantitative estimate of drug-likeness (QED) is 0.592. The van der Waals surface area contributed by atoms with E-state index in [-0.39, 0.29) is 5.78 Å². The van der Waals surface area contributed by atoms with Crippen LogP contribution >= 0.6 is 0 Å². The number of carbonyl (C=O) groups is 1. The molecule has 3 aromatic rings. The summed E-state index contributed by atoms with van der Waals surface area (Å²) in [5.41, 5.74) is 10.6. The van der Waals surface area contributed by atoms with Crippen molar-refractivity contribution in [3.8, 4) is 5.75 Å². The summed E-state index contributed by atoms with van der Waals surface area (Å²) in [7, 11) is 5.53. The maximum atomic E-state index is 13.0. The zero-order valence-electron chi connectivity index (χ0n) is 14.3. The third-order valence-electron chi connectivity index (χ3n) is 4.17. The number of ether oxygens (including phenoxy) is 1. The van der Waals surface area contributed by atoms with Gasteiger partial charge in [0.15, 0.2) is 0 Å². The van der Waals surface area contributed by atoms with Crippen molar-refractivity contribution in [3.05, 3.63) is 59.4 Å². The summed E-state index contributed by atoms with van der Waals surface area (Å²) in [6.45, 7) is 1.95. The van der Waals surface area contributed by atoms with E-state index >= 15 is 0 Å². The second-order valence-corrected chi connectivity index (χ2v) is 6.04. The average Bonchev–Trinajstić information content (AvgIpc) is 2.89. The molecule has 0 bridgehead atoms. The predicted molar refractivity (Wildman–Crippen MR) is 97.3 cm³/mol. The van der Waals surface area contributed by atoms with Crippen LogP contribution in [0.5, 0.6) is 5.75 Å². The molecule has 0 amide bonds. The Morgan fingerprint density at radius 1 is 1.17 bits per heavy atom. The predicted octanol–water partition coefficient (Wildman–Crippen LogP) is 3.14. The molecule has 0 aliphatic rings. The molecule has 2 N–H and O–H groups in total. The van der Waals surface area contributed by atoms with E-state index in [1.807, 2.05) is 48.6 Å². The Hall–Kier alpha value is -2.95. The fourth-order valence-corrected chi connectivity index (χ4v) is 2.86. The number of aromatic nitrogens is 1. The van der Waals surface area contributed by atoms with Gasteiger partial charge in [-0.25, -0.2) is 0 Å². The van der Waals surface area contributed by atoms with E-state index in [0.717, 1.165) is 16.8 Å². The van der Waals surface area contributed by atoms with Crippen molar-refractivity contribution < 1.29 is 9.53 Å². The number of nitrogens with zero attached hydrogens (tertiary/aromatic N) is 2. The SMILES string of the molecule is COc1cc(C(=O)c2c(C)cc3cc(N(C)C)ccn23)ccc1N. The van der Waals surface area contributed by atoms with Crippen LogP contribution in [0.25, 0.3) is 5.52 Å². The lowest BCUT2D eigenvalue weighted by atomic mass is 10.0. The van der Waals surface area contributed by atoms with Crippen LogP contribution in [0.4, 0.5) is 11.4 Å². The minimum absolute atomic E-state index is 0.0524. The standard InChI is InChI=1S/C19H21N3O2/c1-12-9-15-11-14(21(2)3)7-8-22(15)18(12)19(23)13-5-6-16(20)17(10-13)24-4/h5-11H,20H2,1-4H3. The first-order valence-corrected chi connectivity index (χ1v) is 7.69. The third kappa shape index (κ3) is 2.58. The van der Waals surface area contributed by atoms with Gasteiger partial charge in [-0.05, 0) is 48.9 Å². The normalized spacial score (nSPS) is 10.8. The molecule has 0 radical (unpaired) electrons. The maximum Gasteiger partial charge on any atom is 0.210 e. The van der Waals surface area contributed by atoms with Crippen LogP contribution in [0.3, 0.4) is 0 Å². The molecule has 1 aromatic carbocycles. The smallest absolute Gasteiger partial charge is 0.210 e. The van der Waals surface area contributed by atoms with Crippen LogP contribution in [0.1, 0.15) is 21.6 Å². The van der Waals surface area contributed by atoms with Gasteiger partial charge >= 0.3 is 0 Å². The Morgan fingerprint density at radius 2 is 1.92 bits per heavy atom. The third-order valence-corrected chi connectivity index (χ3v) is 4.17. The van der Waals surface area contributed by atoms with Crippen molar-refractivity contribution in [2.75, 3.05) is 31.8 Å². The highest BCUT2D eigenvalue weighted by atomic mass is 16.5. The van der Waals surface area contributed by atoms with Gasteiger partial charge in [0.1, 0.15) is 5.75 Å². The Balaban J connectivity index is 2.11. The zero-order chi connectivity index (χ0) is 17.4. The molecule has 3 rings (SSSR count). The van der Waals surface area contributed by atoms with Gasteiger partial charge in [0.2, 0.25) is 5.78 Å². The minimum Gasteiger partial charge on any atom is -0.495 e. The van der Waals surface area contributed by atoms with Crippen molar-refractivity contribution in [1.29, 1.82) is 0 Å². The first-order valence-electron chi connectivity index (χ1n) is 7.69. The summed E-state index contributed by atoms with van der Waals surface area (Å²) in [4.78, 5) is 15.0. The van der Waals surface area contributed by atoms with Crippen LogP contribution in [-0.2, 0) is 0 Å².